The molecule has 2 aliphatic heterocycles. The van der Waals surface area contributed by atoms with Crippen LogP contribution in [0.1, 0.15) is 76.4 Å². The second-order valence-electron chi connectivity index (χ2n) is 15.2. The molecule has 3 heterocycles. The van der Waals surface area contributed by atoms with Gasteiger partial charge < -0.3 is 24.8 Å². The van der Waals surface area contributed by atoms with Crippen LogP contribution in [0.4, 0.5) is 0 Å². The lowest BCUT2D eigenvalue weighted by Gasteiger charge is -2.64. The van der Waals surface area contributed by atoms with Crippen molar-refractivity contribution >= 4 is 35.4 Å². The Morgan fingerprint density at radius 1 is 1.02 bits per heavy atom. The summed E-state index contributed by atoms with van der Waals surface area (Å²) in [5.74, 6) is 0.439. The maximum absolute atomic E-state index is 14.4. The molecule has 2 aromatic carbocycles. The normalized spacial score (nSPS) is 29.4. The van der Waals surface area contributed by atoms with Crippen molar-refractivity contribution in [2.75, 3.05) is 6.54 Å². The van der Waals surface area contributed by atoms with Gasteiger partial charge in [0.1, 0.15) is 5.69 Å². The molecule has 8 rings (SSSR count). The monoisotopic (exact) mass is 636 g/mol. The number of aromatic nitrogens is 1. The Morgan fingerprint density at radius 2 is 1.79 bits per heavy atom. The van der Waals surface area contributed by atoms with Crippen molar-refractivity contribution in [2.24, 2.45) is 28.3 Å². The Hall–Kier alpha value is -3.76. The summed E-state index contributed by atoms with van der Waals surface area (Å²) in [6.45, 7) is 11.3. The maximum Gasteiger partial charge on any atom is 0.481 e. The highest BCUT2D eigenvalue weighted by Gasteiger charge is 2.68. The van der Waals surface area contributed by atoms with E-state index in [9.17, 15) is 9.59 Å². The Labute approximate surface area is 277 Å². The van der Waals surface area contributed by atoms with Gasteiger partial charge in [0, 0.05) is 24.4 Å². The molecule has 10 heteroatoms. The van der Waals surface area contributed by atoms with Gasteiger partial charge in [-0.05, 0) is 66.4 Å². The average molecular weight is 637 g/mol. The maximum atomic E-state index is 14.4. The molecule has 246 valence electrons. The number of carbonyl (C=O) groups excluding carboxylic acids is 2. The minimum Gasteiger partial charge on any atom is -0.404 e. The Balaban J connectivity index is 1.08. The number of pyridine rings is 1. The van der Waals surface area contributed by atoms with E-state index in [1.807, 2.05) is 60.7 Å². The first-order chi connectivity index (χ1) is 22.5. The van der Waals surface area contributed by atoms with Crippen LogP contribution in [0.5, 0.6) is 0 Å². The zero-order valence-corrected chi connectivity index (χ0v) is 28.0. The van der Waals surface area contributed by atoms with Crippen LogP contribution in [0.3, 0.4) is 0 Å². The van der Waals surface area contributed by atoms with Gasteiger partial charge in [-0.1, -0.05) is 87.4 Å². The van der Waals surface area contributed by atoms with Crippen molar-refractivity contribution in [3.63, 3.8) is 0 Å². The summed E-state index contributed by atoms with van der Waals surface area (Å²) in [5.41, 5.74) is 0.454. The lowest BCUT2D eigenvalue weighted by atomic mass is 9.43. The molecule has 2 amide bonds. The van der Waals surface area contributed by atoms with E-state index in [0.29, 0.717) is 42.0 Å². The molecule has 3 saturated carbocycles. The van der Waals surface area contributed by atoms with Gasteiger partial charge in [-0.15, -0.1) is 0 Å². The topological polar surface area (TPSA) is 111 Å². The van der Waals surface area contributed by atoms with Crippen molar-refractivity contribution in [2.45, 2.75) is 90.0 Å². The number of rotatable bonds is 10. The number of carbonyl (C=O) groups is 2. The molecule has 2 bridgehead atoms. The first-order valence-electron chi connectivity index (χ1n) is 17.0. The summed E-state index contributed by atoms with van der Waals surface area (Å²) in [7, 11) is -0.547. The Kier molecular flexibility index (Phi) is 8.16. The fourth-order valence-electron chi connectivity index (χ4n) is 8.55. The number of oxime groups is 1. The van der Waals surface area contributed by atoms with E-state index < -0.39 is 12.7 Å². The van der Waals surface area contributed by atoms with E-state index in [0.717, 1.165) is 22.8 Å². The van der Waals surface area contributed by atoms with Crippen molar-refractivity contribution in [1.82, 2.24) is 15.6 Å². The van der Waals surface area contributed by atoms with E-state index >= 15 is 0 Å². The van der Waals surface area contributed by atoms with Crippen LogP contribution in [0.2, 0.25) is 0 Å². The van der Waals surface area contributed by atoms with Crippen molar-refractivity contribution in [1.29, 1.82) is 0 Å². The molecule has 4 fully saturated rings. The van der Waals surface area contributed by atoms with Crippen LogP contribution in [-0.2, 0) is 25.4 Å². The number of benzene rings is 2. The molecule has 0 spiro atoms. The SMILES string of the molecule is CC(C)C[C@H](NC(=O)C1(Cc2ccccc2)CC(CNC(=O)c2nccc3ccccc23)=NO1)B1O[C@@H]2C[C@@H]3C[C@@H](C3(C)C)[C@]2(C)O1. The van der Waals surface area contributed by atoms with Crippen LogP contribution in [0.25, 0.3) is 10.8 Å². The molecule has 0 radical (unpaired) electrons. The van der Waals surface area contributed by atoms with Gasteiger partial charge in [0.05, 0.1) is 29.9 Å². The molecule has 47 heavy (non-hydrogen) atoms. The van der Waals surface area contributed by atoms with Gasteiger partial charge in [0.25, 0.3) is 11.8 Å². The molecule has 1 saturated heterocycles. The highest BCUT2D eigenvalue weighted by Crippen LogP contribution is 2.65. The van der Waals surface area contributed by atoms with E-state index in [2.05, 4.69) is 55.4 Å². The third-order valence-corrected chi connectivity index (χ3v) is 11.3. The van der Waals surface area contributed by atoms with Gasteiger partial charge in [0.2, 0.25) is 5.60 Å². The van der Waals surface area contributed by atoms with Crippen LogP contribution < -0.4 is 10.6 Å². The van der Waals surface area contributed by atoms with E-state index in [1.54, 1.807) is 6.20 Å². The standard InChI is InChI=1S/C37H45BN4O5/c1-23(2)17-31(38-45-30-19-26-18-29(35(26,3)4)36(30,5)46-38)41-34(44)37(20-24-11-7-6-8-12-24)21-27(42-47-37)22-40-33(43)32-28-14-10-9-13-25(28)15-16-39-32/h6-16,23,26,29-31H,17-22H2,1-5H3,(H,40,43)(H,41,44)/t26-,29-,30+,31-,36-,37?/m0/s1. The van der Waals surface area contributed by atoms with Crippen molar-refractivity contribution in [3.05, 3.63) is 78.1 Å². The van der Waals surface area contributed by atoms with Gasteiger partial charge in [-0.25, -0.2) is 0 Å². The van der Waals surface area contributed by atoms with E-state index in [-0.39, 0.29) is 47.8 Å². The predicted octanol–water partition coefficient (Wildman–Crippen LogP) is 5.52. The van der Waals surface area contributed by atoms with Gasteiger partial charge in [-0.3, -0.25) is 14.6 Å². The van der Waals surface area contributed by atoms with Crippen molar-refractivity contribution in [3.8, 4) is 0 Å². The molecular weight excluding hydrogens is 591 g/mol. The minimum atomic E-state index is -1.28. The van der Waals surface area contributed by atoms with Gasteiger partial charge >= 0.3 is 7.12 Å². The van der Waals surface area contributed by atoms with Gasteiger partial charge in [0.15, 0.2) is 0 Å². The van der Waals surface area contributed by atoms with Crippen LogP contribution in [-0.4, -0.2) is 59.4 Å². The molecule has 3 aromatic rings. The summed E-state index contributed by atoms with van der Waals surface area (Å²) in [4.78, 5) is 38.1. The predicted molar refractivity (Wildman–Crippen MR) is 182 cm³/mol. The largest absolute Gasteiger partial charge is 0.481 e. The molecule has 2 N–H and O–H groups in total. The quantitative estimate of drug-likeness (QED) is 0.284. The summed E-state index contributed by atoms with van der Waals surface area (Å²) in [6, 6.07) is 19.3. The number of nitrogens with zero attached hydrogens (tertiary/aromatic N) is 2. The molecule has 1 aromatic heterocycles. The number of nitrogens with one attached hydrogen (secondary N) is 2. The second kappa shape index (κ2) is 12.0. The fourth-order valence-corrected chi connectivity index (χ4v) is 8.55. The molecule has 5 aliphatic rings. The zero-order valence-electron chi connectivity index (χ0n) is 28.0. The Morgan fingerprint density at radius 3 is 2.55 bits per heavy atom. The molecule has 6 atom stereocenters. The summed E-state index contributed by atoms with van der Waals surface area (Å²) in [5, 5.41) is 12.3. The number of amides is 2. The fraction of sp³-hybridized carbons (Fsp3) is 0.514. The smallest absolute Gasteiger partial charge is 0.404 e. The third kappa shape index (κ3) is 5.73. The highest BCUT2D eigenvalue weighted by molar-refractivity contribution is 6.48. The lowest BCUT2D eigenvalue weighted by molar-refractivity contribution is -0.199. The number of hydrogen-bond acceptors (Lipinski definition) is 7. The van der Waals surface area contributed by atoms with Crippen LogP contribution in [0.15, 0.2) is 72.0 Å². The first-order valence-corrected chi connectivity index (χ1v) is 17.0. The summed E-state index contributed by atoms with van der Waals surface area (Å²) < 4.78 is 13.5. The van der Waals surface area contributed by atoms with Crippen molar-refractivity contribution < 1.29 is 23.7 Å². The highest BCUT2D eigenvalue weighted by atomic mass is 16.7. The number of hydrogen-bond donors (Lipinski definition) is 2. The Bertz CT molecular complexity index is 1690. The summed E-state index contributed by atoms with van der Waals surface area (Å²) in [6.07, 6.45) is 5.05. The molecule has 9 nitrogen and oxygen atoms in total. The van der Waals surface area contributed by atoms with Gasteiger partial charge in [-0.2, -0.15) is 0 Å². The van der Waals surface area contributed by atoms with Crippen LogP contribution in [0, 0.1) is 23.2 Å². The van der Waals surface area contributed by atoms with E-state index in [4.69, 9.17) is 14.1 Å². The molecular formula is C37H45BN4O5. The summed E-state index contributed by atoms with van der Waals surface area (Å²) >= 11 is 0. The minimum absolute atomic E-state index is 0.0200. The number of fused-ring (bicyclic) bond motifs is 1. The molecule has 1 unspecified atom stereocenters. The molecule has 3 aliphatic carbocycles. The van der Waals surface area contributed by atoms with Crippen LogP contribution >= 0.6 is 0 Å². The lowest BCUT2D eigenvalue weighted by Crippen LogP contribution is -2.65. The van der Waals surface area contributed by atoms with E-state index in [1.165, 1.54) is 6.42 Å². The average Bonchev–Trinajstić information content (AvgIpc) is 3.64. The second-order valence-corrected chi connectivity index (χ2v) is 15.2. The zero-order chi connectivity index (χ0) is 33.0. The third-order valence-electron chi connectivity index (χ3n) is 11.3. The first kappa shape index (κ1) is 31.8.